The van der Waals surface area contributed by atoms with E-state index in [9.17, 15) is 14.7 Å². The first-order valence-electron chi connectivity index (χ1n) is 5.85. The average Bonchev–Trinajstić information content (AvgIpc) is 2.75. The summed E-state index contributed by atoms with van der Waals surface area (Å²) in [7, 11) is 0. The molecule has 0 aliphatic carbocycles. The standard InChI is InChI=1S/C12H9I2N3O4S/c13-6-1-5(10(20)7(14)2-6)4-15-17-12-16-11(21)8(22-12)3-9(18)19/h1-2,4,8,20H,3H2,(H,18,19)(H,16,17,21)/b15-4+. The van der Waals surface area contributed by atoms with Crippen molar-refractivity contribution in [2.24, 2.45) is 10.2 Å². The monoisotopic (exact) mass is 545 g/mol. The summed E-state index contributed by atoms with van der Waals surface area (Å²) in [5.41, 5.74) is 0.511. The fourth-order valence-electron chi connectivity index (χ4n) is 1.57. The highest BCUT2D eigenvalue weighted by molar-refractivity contribution is 14.1. The molecule has 3 N–H and O–H groups in total. The lowest BCUT2D eigenvalue weighted by Crippen LogP contribution is -2.26. The zero-order chi connectivity index (χ0) is 16.3. The Hall–Kier alpha value is -0.890. The molecule has 1 heterocycles. The molecule has 7 nitrogen and oxygen atoms in total. The molecule has 10 heteroatoms. The van der Waals surface area contributed by atoms with Crippen LogP contribution in [0.2, 0.25) is 0 Å². The van der Waals surface area contributed by atoms with Crippen molar-refractivity contribution >= 4 is 80.2 Å². The van der Waals surface area contributed by atoms with Gasteiger partial charge in [0, 0.05) is 9.13 Å². The minimum Gasteiger partial charge on any atom is -0.506 e. The Labute approximate surface area is 156 Å². The summed E-state index contributed by atoms with van der Waals surface area (Å²) in [6.07, 6.45) is 1.11. The van der Waals surface area contributed by atoms with Gasteiger partial charge in [0.2, 0.25) is 5.91 Å². The van der Waals surface area contributed by atoms with Crippen molar-refractivity contribution in [2.75, 3.05) is 0 Å². The largest absolute Gasteiger partial charge is 0.506 e. The Morgan fingerprint density at radius 3 is 2.86 bits per heavy atom. The van der Waals surface area contributed by atoms with Crippen LogP contribution in [-0.2, 0) is 9.59 Å². The number of thioether (sulfide) groups is 1. The van der Waals surface area contributed by atoms with Gasteiger partial charge in [0.15, 0.2) is 5.17 Å². The number of aromatic hydroxyl groups is 1. The van der Waals surface area contributed by atoms with E-state index in [1.165, 1.54) is 6.21 Å². The van der Waals surface area contributed by atoms with Crippen molar-refractivity contribution < 1.29 is 19.8 Å². The molecule has 1 aromatic carbocycles. The van der Waals surface area contributed by atoms with Gasteiger partial charge >= 0.3 is 5.97 Å². The fraction of sp³-hybridized carbons (Fsp3) is 0.167. The Morgan fingerprint density at radius 2 is 2.18 bits per heavy atom. The lowest BCUT2D eigenvalue weighted by molar-refractivity contribution is -0.138. The molecule has 0 saturated carbocycles. The first kappa shape index (κ1) is 17.5. The number of nitrogens with zero attached hydrogens (tertiary/aromatic N) is 2. The molecule has 22 heavy (non-hydrogen) atoms. The summed E-state index contributed by atoms with van der Waals surface area (Å²) in [4.78, 5) is 22.1. The van der Waals surface area contributed by atoms with Gasteiger partial charge in [-0.1, -0.05) is 11.8 Å². The third-order valence-corrected chi connectivity index (χ3v) is 5.06. The second kappa shape index (κ2) is 7.59. The van der Waals surface area contributed by atoms with Crippen LogP contribution in [0.1, 0.15) is 12.0 Å². The van der Waals surface area contributed by atoms with Gasteiger partial charge in [0.05, 0.1) is 16.2 Å². The number of halogens is 2. The van der Waals surface area contributed by atoms with Crippen molar-refractivity contribution in [3.05, 3.63) is 24.8 Å². The third-order valence-electron chi connectivity index (χ3n) is 2.54. The van der Waals surface area contributed by atoms with Gasteiger partial charge in [0.1, 0.15) is 11.0 Å². The Bertz CT molecular complexity index is 693. The van der Waals surface area contributed by atoms with Crippen LogP contribution in [0.3, 0.4) is 0 Å². The number of phenols is 1. The summed E-state index contributed by atoms with van der Waals surface area (Å²) in [5.74, 6) is -1.33. The van der Waals surface area contributed by atoms with E-state index >= 15 is 0 Å². The molecule has 116 valence electrons. The fourth-order valence-corrected chi connectivity index (χ4v) is 4.38. The van der Waals surface area contributed by atoms with E-state index in [1.807, 2.05) is 28.7 Å². The van der Waals surface area contributed by atoms with Crippen LogP contribution in [0, 0.1) is 7.14 Å². The maximum Gasteiger partial charge on any atom is 0.305 e. The minimum atomic E-state index is -1.05. The number of hydrogen-bond acceptors (Lipinski definition) is 6. The van der Waals surface area contributed by atoms with Crippen molar-refractivity contribution in [3.8, 4) is 5.75 Å². The van der Waals surface area contributed by atoms with Crippen molar-refractivity contribution in [3.63, 3.8) is 0 Å². The van der Waals surface area contributed by atoms with E-state index in [1.54, 1.807) is 6.07 Å². The lowest BCUT2D eigenvalue weighted by atomic mass is 10.2. The van der Waals surface area contributed by atoms with Crippen LogP contribution in [0.4, 0.5) is 0 Å². The van der Waals surface area contributed by atoms with Gasteiger partial charge in [0.25, 0.3) is 0 Å². The van der Waals surface area contributed by atoms with Crippen LogP contribution >= 0.6 is 56.9 Å². The molecule has 1 unspecified atom stereocenters. The second-order valence-electron chi connectivity index (χ2n) is 4.17. The first-order valence-corrected chi connectivity index (χ1v) is 8.89. The van der Waals surface area contributed by atoms with Gasteiger partial charge in [-0.2, -0.15) is 5.10 Å². The lowest BCUT2D eigenvalue weighted by Gasteiger charge is -2.01. The van der Waals surface area contributed by atoms with Crippen LogP contribution in [-0.4, -0.2) is 38.7 Å². The number of carbonyl (C=O) groups excluding carboxylic acids is 1. The quantitative estimate of drug-likeness (QED) is 0.305. The average molecular weight is 545 g/mol. The Morgan fingerprint density at radius 1 is 1.45 bits per heavy atom. The van der Waals surface area contributed by atoms with Gasteiger partial charge < -0.3 is 15.5 Å². The van der Waals surface area contributed by atoms with Crippen LogP contribution in [0.5, 0.6) is 5.75 Å². The van der Waals surface area contributed by atoms with E-state index in [4.69, 9.17) is 5.11 Å². The molecule has 0 aromatic heterocycles. The molecule has 1 fully saturated rings. The highest BCUT2D eigenvalue weighted by atomic mass is 127. The highest BCUT2D eigenvalue weighted by Crippen LogP contribution is 2.26. The minimum absolute atomic E-state index is 0.108. The van der Waals surface area contributed by atoms with Crippen molar-refractivity contribution in [2.45, 2.75) is 11.7 Å². The summed E-state index contributed by atoms with van der Waals surface area (Å²) < 4.78 is 1.64. The number of rotatable bonds is 4. The van der Waals surface area contributed by atoms with Gasteiger partial charge in [-0.3, -0.25) is 9.59 Å². The number of nitrogens with one attached hydrogen (secondary N) is 1. The predicted molar refractivity (Wildman–Crippen MR) is 100 cm³/mol. The molecule has 2 rings (SSSR count). The zero-order valence-electron chi connectivity index (χ0n) is 10.8. The molecule has 1 aliphatic rings. The number of amides is 1. The molecular weight excluding hydrogens is 536 g/mol. The second-order valence-corrected chi connectivity index (χ2v) is 7.77. The molecule has 1 saturated heterocycles. The Balaban J connectivity index is 2.09. The number of carboxylic acids is 1. The highest BCUT2D eigenvalue weighted by Gasteiger charge is 2.32. The Kier molecular flexibility index (Phi) is 6.02. The molecular formula is C12H9I2N3O4S. The maximum atomic E-state index is 11.5. The molecule has 0 bridgehead atoms. The van der Waals surface area contributed by atoms with Crippen molar-refractivity contribution in [1.29, 1.82) is 0 Å². The normalized spacial score (nSPS) is 19.8. The van der Waals surface area contributed by atoms with Gasteiger partial charge in [-0.05, 0) is 57.3 Å². The molecule has 1 aliphatic heterocycles. The SMILES string of the molecule is O=C(O)CC1S/C(=N/N=C/c2cc(I)cc(I)c2O)NC1=O. The van der Waals surface area contributed by atoms with Gasteiger partial charge in [-0.25, -0.2) is 0 Å². The summed E-state index contributed by atoms with van der Waals surface area (Å²) in [6, 6.07) is 3.57. The summed E-state index contributed by atoms with van der Waals surface area (Å²) in [5, 5.41) is 28.3. The third kappa shape index (κ3) is 4.55. The number of amidine groups is 1. The van der Waals surface area contributed by atoms with Gasteiger partial charge in [-0.15, -0.1) is 5.10 Å². The molecule has 1 aromatic rings. The van der Waals surface area contributed by atoms with Crippen LogP contribution in [0.25, 0.3) is 0 Å². The predicted octanol–water partition coefficient (Wildman–Crippen LogP) is 2.00. The molecule has 1 amide bonds. The molecule has 0 spiro atoms. The van der Waals surface area contributed by atoms with E-state index in [0.717, 1.165) is 15.3 Å². The molecule has 0 radical (unpaired) electrons. The topological polar surface area (TPSA) is 111 Å². The number of carboxylic acid groups (broad SMARTS) is 1. The summed E-state index contributed by atoms with van der Waals surface area (Å²) >= 11 is 5.16. The van der Waals surface area contributed by atoms with E-state index in [-0.39, 0.29) is 17.3 Å². The summed E-state index contributed by atoms with van der Waals surface area (Å²) in [6.45, 7) is 0. The number of hydrogen-bond donors (Lipinski definition) is 3. The van der Waals surface area contributed by atoms with Crippen LogP contribution < -0.4 is 5.32 Å². The number of benzene rings is 1. The number of carbonyl (C=O) groups is 2. The first-order chi connectivity index (χ1) is 10.4. The van der Waals surface area contributed by atoms with Crippen LogP contribution in [0.15, 0.2) is 22.3 Å². The number of phenolic OH excluding ortho intramolecular Hbond substituents is 1. The zero-order valence-corrected chi connectivity index (χ0v) is 15.9. The molecule has 1 atom stereocenters. The van der Waals surface area contributed by atoms with E-state index in [0.29, 0.717) is 9.13 Å². The number of aliphatic carboxylic acids is 1. The van der Waals surface area contributed by atoms with E-state index in [2.05, 4.69) is 38.1 Å². The van der Waals surface area contributed by atoms with Crippen molar-refractivity contribution in [1.82, 2.24) is 5.32 Å². The maximum absolute atomic E-state index is 11.5. The smallest absolute Gasteiger partial charge is 0.305 e. The van der Waals surface area contributed by atoms with E-state index < -0.39 is 17.1 Å².